The summed E-state index contributed by atoms with van der Waals surface area (Å²) in [4.78, 5) is 73.1. The van der Waals surface area contributed by atoms with E-state index in [1.807, 2.05) is 0 Å². The molecular formula is C83H162O17P2. The van der Waals surface area contributed by atoms with E-state index in [1.54, 1.807) is 0 Å². The average molecular weight is 1490 g/mol. The van der Waals surface area contributed by atoms with Gasteiger partial charge in [-0.3, -0.25) is 37.3 Å². The van der Waals surface area contributed by atoms with Gasteiger partial charge in [0, 0.05) is 25.7 Å². The first kappa shape index (κ1) is 100. The van der Waals surface area contributed by atoms with Crippen LogP contribution in [0.1, 0.15) is 446 Å². The summed E-state index contributed by atoms with van der Waals surface area (Å²) in [6, 6.07) is 0. The van der Waals surface area contributed by atoms with Gasteiger partial charge in [0.05, 0.1) is 26.4 Å². The molecule has 0 aromatic rings. The van der Waals surface area contributed by atoms with E-state index in [2.05, 4.69) is 34.6 Å². The van der Waals surface area contributed by atoms with Gasteiger partial charge in [-0.15, -0.1) is 0 Å². The number of carbonyl (C=O) groups excluding carboxylic acids is 4. The topological polar surface area (TPSA) is 237 Å². The van der Waals surface area contributed by atoms with Crippen molar-refractivity contribution in [3.05, 3.63) is 0 Å². The third-order valence-electron chi connectivity index (χ3n) is 19.5. The lowest BCUT2D eigenvalue weighted by atomic mass is 10.0. The normalized spacial score (nSPS) is 13.8. The van der Waals surface area contributed by atoms with Crippen molar-refractivity contribution in [2.24, 2.45) is 5.92 Å². The molecule has 0 fully saturated rings. The van der Waals surface area contributed by atoms with Crippen molar-refractivity contribution < 1.29 is 80.2 Å². The Labute approximate surface area is 626 Å². The molecule has 0 aromatic carbocycles. The number of carbonyl (C=O) groups is 4. The predicted octanol–water partition coefficient (Wildman–Crippen LogP) is 25.2. The Morgan fingerprint density at radius 2 is 0.451 bits per heavy atom. The second-order valence-corrected chi connectivity index (χ2v) is 33.3. The van der Waals surface area contributed by atoms with Crippen LogP contribution in [0.4, 0.5) is 0 Å². The van der Waals surface area contributed by atoms with Crippen molar-refractivity contribution in [1.29, 1.82) is 0 Å². The van der Waals surface area contributed by atoms with Gasteiger partial charge in [0.2, 0.25) is 0 Å². The summed E-state index contributed by atoms with van der Waals surface area (Å²) in [7, 11) is -9.92. The first-order valence-electron chi connectivity index (χ1n) is 43.1. The molecule has 0 rings (SSSR count). The van der Waals surface area contributed by atoms with Crippen LogP contribution in [-0.2, 0) is 65.4 Å². The van der Waals surface area contributed by atoms with E-state index in [1.165, 1.54) is 270 Å². The minimum absolute atomic E-state index is 0.109. The standard InChI is InChI=1S/C83H162O17P2/c1-6-9-12-15-18-21-23-25-27-29-30-35-38-42-47-52-57-62-67-81(86)94-73-79(100-83(88)69-64-59-54-49-44-40-36-32-31-33-37-41-46-50-55-60-65-76(4)5)75-98-102(91,92)96-71-77(84)70-95-101(89,90)97-74-78(72-93-80(85)66-61-56-51-45-20-17-14-11-8-3)99-82(87)68-63-58-53-48-43-39-34-28-26-24-22-19-16-13-10-7-2/h76-79,84H,6-75H2,1-5H3,(H,89,90)(H,91,92)/t77-,78+,79+/m0/s1. The van der Waals surface area contributed by atoms with Crippen molar-refractivity contribution in [2.45, 2.75) is 464 Å². The number of unbranched alkanes of at least 4 members (excludes halogenated alkanes) is 55. The molecular weight excluding hydrogens is 1330 g/mol. The van der Waals surface area contributed by atoms with Gasteiger partial charge >= 0.3 is 39.5 Å². The zero-order chi connectivity index (χ0) is 74.8. The summed E-state index contributed by atoms with van der Waals surface area (Å²) in [5, 5.41) is 10.7. The van der Waals surface area contributed by atoms with Gasteiger partial charge in [-0.05, 0) is 31.6 Å². The van der Waals surface area contributed by atoms with Crippen LogP contribution in [0.5, 0.6) is 0 Å². The van der Waals surface area contributed by atoms with E-state index in [4.69, 9.17) is 37.0 Å². The smallest absolute Gasteiger partial charge is 0.462 e. The maximum absolute atomic E-state index is 13.1. The van der Waals surface area contributed by atoms with Crippen LogP contribution in [0, 0.1) is 5.92 Å². The van der Waals surface area contributed by atoms with E-state index in [9.17, 15) is 43.2 Å². The lowest BCUT2D eigenvalue weighted by Crippen LogP contribution is -2.30. The third kappa shape index (κ3) is 76.3. The largest absolute Gasteiger partial charge is 0.472 e. The maximum atomic E-state index is 13.1. The fourth-order valence-corrected chi connectivity index (χ4v) is 14.5. The second-order valence-electron chi connectivity index (χ2n) is 30.3. The molecule has 3 N–H and O–H groups in total. The van der Waals surface area contributed by atoms with Crippen LogP contribution >= 0.6 is 15.6 Å². The monoisotopic (exact) mass is 1490 g/mol. The van der Waals surface area contributed by atoms with E-state index >= 15 is 0 Å². The van der Waals surface area contributed by atoms with E-state index in [0.29, 0.717) is 25.7 Å². The molecule has 0 radical (unpaired) electrons. The van der Waals surface area contributed by atoms with Crippen molar-refractivity contribution >= 4 is 39.5 Å². The first-order chi connectivity index (χ1) is 49.5. The molecule has 606 valence electrons. The fraction of sp³-hybridized carbons (Fsp3) is 0.952. The van der Waals surface area contributed by atoms with Crippen molar-refractivity contribution in [2.75, 3.05) is 39.6 Å². The lowest BCUT2D eigenvalue weighted by molar-refractivity contribution is -0.161. The van der Waals surface area contributed by atoms with E-state index in [0.717, 1.165) is 95.8 Å². The molecule has 5 atom stereocenters. The molecule has 2 unspecified atom stereocenters. The zero-order valence-corrected chi connectivity index (χ0v) is 68.5. The van der Waals surface area contributed by atoms with Crippen molar-refractivity contribution in [3.63, 3.8) is 0 Å². The molecule has 0 aromatic heterocycles. The van der Waals surface area contributed by atoms with Gasteiger partial charge in [-0.1, -0.05) is 394 Å². The number of ether oxygens (including phenoxy) is 4. The number of hydrogen-bond donors (Lipinski definition) is 3. The van der Waals surface area contributed by atoms with Gasteiger partial charge in [0.15, 0.2) is 12.2 Å². The summed E-state index contributed by atoms with van der Waals surface area (Å²) in [6.07, 6.45) is 68.0. The van der Waals surface area contributed by atoms with Crippen LogP contribution in [-0.4, -0.2) is 96.7 Å². The molecule has 0 aliphatic rings. The van der Waals surface area contributed by atoms with Gasteiger partial charge in [0.25, 0.3) is 0 Å². The predicted molar refractivity (Wildman–Crippen MR) is 418 cm³/mol. The minimum Gasteiger partial charge on any atom is -0.462 e. The Hall–Kier alpha value is -1.94. The van der Waals surface area contributed by atoms with Crippen LogP contribution in [0.3, 0.4) is 0 Å². The highest BCUT2D eigenvalue weighted by Crippen LogP contribution is 2.45. The molecule has 0 saturated carbocycles. The van der Waals surface area contributed by atoms with E-state index in [-0.39, 0.29) is 25.7 Å². The highest BCUT2D eigenvalue weighted by Gasteiger charge is 2.30. The molecule has 0 aliphatic heterocycles. The number of phosphoric acid groups is 2. The first-order valence-corrected chi connectivity index (χ1v) is 46.1. The summed E-state index contributed by atoms with van der Waals surface area (Å²) in [6.45, 7) is 7.37. The molecule has 0 heterocycles. The Morgan fingerprint density at radius 3 is 0.667 bits per heavy atom. The van der Waals surface area contributed by atoms with Crippen LogP contribution in [0.2, 0.25) is 0 Å². The van der Waals surface area contributed by atoms with E-state index < -0.39 is 97.5 Å². The highest BCUT2D eigenvalue weighted by atomic mass is 31.2. The molecule has 102 heavy (non-hydrogen) atoms. The quantitative estimate of drug-likeness (QED) is 0.0222. The number of aliphatic hydroxyl groups is 1. The number of esters is 4. The summed E-state index contributed by atoms with van der Waals surface area (Å²) in [5.41, 5.74) is 0. The maximum Gasteiger partial charge on any atom is 0.472 e. The average Bonchev–Trinajstić information content (AvgIpc) is 0.929. The highest BCUT2D eigenvalue weighted by molar-refractivity contribution is 7.47. The van der Waals surface area contributed by atoms with Gasteiger partial charge < -0.3 is 33.8 Å². The summed E-state index contributed by atoms with van der Waals surface area (Å²) < 4.78 is 68.8. The van der Waals surface area contributed by atoms with Crippen LogP contribution < -0.4 is 0 Å². The van der Waals surface area contributed by atoms with Crippen LogP contribution in [0.25, 0.3) is 0 Å². The van der Waals surface area contributed by atoms with Crippen molar-refractivity contribution in [1.82, 2.24) is 0 Å². The lowest BCUT2D eigenvalue weighted by Gasteiger charge is -2.21. The molecule has 0 amide bonds. The second kappa shape index (κ2) is 75.9. The number of phosphoric ester groups is 2. The van der Waals surface area contributed by atoms with Crippen LogP contribution in [0.15, 0.2) is 0 Å². The molecule has 17 nitrogen and oxygen atoms in total. The molecule has 19 heteroatoms. The Morgan fingerprint density at radius 1 is 0.265 bits per heavy atom. The number of rotatable bonds is 83. The Kier molecular flexibility index (Phi) is 74.4. The zero-order valence-electron chi connectivity index (χ0n) is 66.8. The molecule has 0 saturated heterocycles. The molecule has 0 bridgehead atoms. The summed E-state index contributed by atoms with van der Waals surface area (Å²) >= 11 is 0. The SMILES string of the molecule is CCCCCCCCCCCCCCCCCCCCC(=O)OC[C@H](COP(=O)(O)OC[C@@H](O)COP(=O)(O)OC[C@@H](COC(=O)CCCCCCCCCCC)OC(=O)CCCCCCCCCCCCCCCCCC)OC(=O)CCCCCCCCCCCCCCCCCCC(C)C. The molecule has 0 spiro atoms. The molecule has 0 aliphatic carbocycles. The summed E-state index contributed by atoms with van der Waals surface area (Å²) in [5.74, 6) is -1.29. The third-order valence-corrected chi connectivity index (χ3v) is 21.4. The van der Waals surface area contributed by atoms with Gasteiger partial charge in [0.1, 0.15) is 19.3 Å². The van der Waals surface area contributed by atoms with Crippen molar-refractivity contribution in [3.8, 4) is 0 Å². The number of hydrogen-bond acceptors (Lipinski definition) is 15. The Balaban J connectivity index is 5.21. The minimum atomic E-state index is -4.96. The number of aliphatic hydroxyl groups excluding tert-OH is 1. The van der Waals surface area contributed by atoms with Gasteiger partial charge in [-0.2, -0.15) is 0 Å². The van der Waals surface area contributed by atoms with Gasteiger partial charge in [-0.25, -0.2) is 9.13 Å². The fourth-order valence-electron chi connectivity index (χ4n) is 12.9. The Bertz CT molecular complexity index is 1940.